The zero-order chi connectivity index (χ0) is 26.0. The number of imidazole rings is 1. The third kappa shape index (κ3) is 4.94. The van der Waals surface area contributed by atoms with Gasteiger partial charge in [-0.15, -0.1) is 5.10 Å². The van der Waals surface area contributed by atoms with E-state index >= 15 is 0 Å². The highest BCUT2D eigenvalue weighted by Gasteiger charge is 2.20. The molecule has 0 saturated heterocycles. The van der Waals surface area contributed by atoms with E-state index in [4.69, 9.17) is 23.2 Å². The fourth-order valence-electron chi connectivity index (χ4n) is 4.12. The maximum absolute atomic E-state index is 13.2. The SMILES string of the molecule is CC.Cc1cc(C(C)Nc2ccc(Cl)nc2/C(N)=N/N(C)N)c2c(c1)c(=O)n(C)c1c(C)ncn21. The van der Waals surface area contributed by atoms with Gasteiger partial charge in [0.2, 0.25) is 0 Å². The molecule has 0 amide bonds. The summed E-state index contributed by atoms with van der Waals surface area (Å²) in [6.45, 7) is 9.86. The summed E-state index contributed by atoms with van der Waals surface area (Å²) in [6.07, 6.45) is 1.75. The third-order valence-electron chi connectivity index (χ3n) is 5.50. The predicted molar refractivity (Wildman–Crippen MR) is 143 cm³/mol. The number of benzene rings is 1. The molecular formula is C24H32ClN9O. The van der Waals surface area contributed by atoms with Crippen LogP contribution in [0.1, 0.15) is 49.3 Å². The van der Waals surface area contributed by atoms with Crippen molar-refractivity contribution >= 4 is 39.7 Å². The lowest BCUT2D eigenvalue weighted by atomic mass is 10.0. The van der Waals surface area contributed by atoms with Crippen LogP contribution in [0.15, 0.2) is 40.5 Å². The summed E-state index contributed by atoms with van der Waals surface area (Å²) in [7, 11) is 3.32. The van der Waals surface area contributed by atoms with Gasteiger partial charge in [-0.2, -0.15) is 0 Å². The quantitative estimate of drug-likeness (QED) is 0.126. The maximum atomic E-state index is 13.2. The van der Waals surface area contributed by atoms with E-state index < -0.39 is 0 Å². The maximum Gasteiger partial charge on any atom is 0.261 e. The van der Waals surface area contributed by atoms with Gasteiger partial charge in [0.15, 0.2) is 5.84 Å². The fraction of sp³-hybridized carbons (Fsp3) is 0.333. The Balaban J connectivity index is 0.00000167. The number of amidine groups is 1. The Morgan fingerprint density at radius 2 is 1.94 bits per heavy atom. The Labute approximate surface area is 209 Å². The second-order valence-corrected chi connectivity index (χ2v) is 8.48. The number of rotatable bonds is 5. The fourth-order valence-corrected chi connectivity index (χ4v) is 4.27. The highest BCUT2D eigenvalue weighted by atomic mass is 35.5. The molecule has 11 heteroatoms. The second-order valence-electron chi connectivity index (χ2n) is 8.09. The molecule has 0 aliphatic carbocycles. The summed E-state index contributed by atoms with van der Waals surface area (Å²) < 4.78 is 3.59. The predicted octanol–water partition coefficient (Wildman–Crippen LogP) is 3.48. The van der Waals surface area contributed by atoms with E-state index in [0.29, 0.717) is 16.8 Å². The molecule has 4 rings (SSSR count). The number of hydrazine groups is 1. The minimum atomic E-state index is -0.226. The minimum Gasteiger partial charge on any atom is -0.380 e. The number of aryl methyl sites for hydroxylation is 3. The molecule has 5 N–H and O–H groups in total. The molecule has 0 spiro atoms. The Morgan fingerprint density at radius 3 is 2.60 bits per heavy atom. The van der Waals surface area contributed by atoms with Crippen LogP contribution in [-0.4, -0.2) is 36.9 Å². The molecule has 0 bridgehead atoms. The van der Waals surface area contributed by atoms with Crippen LogP contribution in [-0.2, 0) is 7.05 Å². The molecule has 1 atom stereocenters. The number of fused-ring (bicyclic) bond motifs is 3. The van der Waals surface area contributed by atoms with Crippen LogP contribution in [0.25, 0.3) is 16.6 Å². The molecule has 1 unspecified atom stereocenters. The molecule has 0 aliphatic heterocycles. The monoisotopic (exact) mass is 497 g/mol. The van der Waals surface area contributed by atoms with E-state index in [2.05, 4.69) is 26.5 Å². The van der Waals surface area contributed by atoms with Crippen LogP contribution < -0.4 is 22.5 Å². The number of hydrogen-bond donors (Lipinski definition) is 3. The first kappa shape index (κ1) is 26.0. The first-order valence-electron chi connectivity index (χ1n) is 11.3. The smallest absolute Gasteiger partial charge is 0.261 e. The van der Waals surface area contributed by atoms with Gasteiger partial charge in [0.05, 0.1) is 28.3 Å². The largest absolute Gasteiger partial charge is 0.380 e. The van der Waals surface area contributed by atoms with Gasteiger partial charge in [-0.25, -0.2) is 20.9 Å². The lowest BCUT2D eigenvalue weighted by Crippen LogP contribution is -2.27. The van der Waals surface area contributed by atoms with Crippen molar-refractivity contribution in [2.75, 3.05) is 12.4 Å². The average Bonchev–Trinajstić information content (AvgIpc) is 3.20. The number of anilines is 1. The molecule has 0 aliphatic rings. The van der Waals surface area contributed by atoms with Crippen molar-refractivity contribution < 1.29 is 0 Å². The lowest BCUT2D eigenvalue weighted by Gasteiger charge is -2.21. The Kier molecular flexibility index (Phi) is 7.67. The second kappa shape index (κ2) is 10.3. The van der Waals surface area contributed by atoms with Crippen molar-refractivity contribution in [1.82, 2.24) is 24.1 Å². The Morgan fingerprint density at radius 1 is 1.26 bits per heavy atom. The van der Waals surface area contributed by atoms with Crippen LogP contribution in [0.2, 0.25) is 5.15 Å². The van der Waals surface area contributed by atoms with Crippen molar-refractivity contribution in [2.24, 2.45) is 23.7 Å². The summed E-state index contributed by atoms with van der Waals surface area (Å²) in [5.74, 6) is 5.73. The number of hydrogen-bond acceptors (Lipinski definition) is 7. The molecule has 35 heavy (non-hydrogen) atoms. The first-order chi connectivity index (χ1) is 16.6. The van der Waals surface area contributed by atoms with Crippen LogP contribution in [0, 0.1) is 13.8 Å². The van der Waals surface area contributed by atoms with Gasteiger partial charge >= 0.3 is 0 Å². The summed E-state index contributed by atoms with van der Waals surface area (Å²) in [5, 5.41) is 9.50. The molecule has 4 aromatic rings. The van der Waals surface area contributed by atoms with Crippen LogP contribution >= 0.6 is 11.6 Å². The highest BCUT2D eigenvalue weighted by Crippen LogP contribution is 2.29. The summed E-state index contributed by atoms with van der Waals surface area (Å²) >= 11 is 6.11. The van der Waals surface area contributed by atoms with E-state index in [9.17, 15) is 4.79 Å². The van der Waals surface area contributed by atoms with E-state index in [1.54, 1.807) is 37.1 Å². The van der Waals surface area contributed by atoms with Gasteiger partial charge in [0, 0.05) is 14.1 Å². The summed E-state index contributed by atoms with van der Waals surface area (Å²) in [4.78, 5) is 22.0. The molecule has 0 radical (unpaired) electrons. The van der Waals surface area contributed by atoms with Crippen molar-refractivity contribution in [3.63, 3.8) is 0 Å². The number of pyridine rings is 1. The molecule has 3 heterocycles. The van der Waals surface area contributed by atoms with Gasteiger partial charge in [-0.05, 0) is 50.1 Å². The Hall–Kier alpha value is -3.63. The van der Waals surface area contributed by atoms with Crippen LogP contribution in [0.3, 0.4) is 0 Å². The number of nitrogens with two attached hydrogens (primary N) is 2. The van der Waals surface area contributed by atoms with Crippen LogP contribution in [0.5, 0.6) is 0 Å². The number of halogens is 1. The van der Waals surface area contributed by atoms with Gasteiger partial charge in [0.25, 0.3) is 5.56 Å². The number of nitrogens with one attached hydrogen (secondary N) is 1. The Bertz CT molecular complexity index is 1470. The van der Waals surface area contributed by atoms with Crippen LogP contribution in [0.4, 0.5) is 5.69 Å². The third-order valence-corrected chi connectivity index (χ3v) is 5.71. The molecular weight excluding hydrogens is 466 g/mol. The lowest BCUT2D eigenvalue weighted by molar-refractivity contribution is 0.371. The van der Waals surface area contributed by atoms with Gasteiger partial charge in [-0.3, -0.25) is 13.8 Å². The average molecular weight is 498 g/mol. The topological polar surface area (TPSA) is 132 Å². The molecule has 3 aromatic heterocycles. The number of nitrogens with zero attached hydrogens (tertiary/aromatic N) is 6. The van der Waals surface area contributed by atoms with E-state index in [0.717, 1.165) is 33.1 Å². The molecule has 10 nitrogen and oxygen atoms in total. The van der Waals surface area contributed by atoms with Gasteiger partial charge in [0.1, 0.15) is 22.8 Å². The van der Waals surface area contributed by atoms with Gasteiger partial charge < -0.3 is 11.1 Å². The molecule has 0 saturated carbocycles. The molecule has 0 fully saturated rings. The first-order valence-corrected chi connectivity index (χ1v) is 11.7. The van der Waals surface area contributed by atoms with E-state index in [-0.39, 0.29) is 22.6 Å². The zero-order valence-corrected chi connectivity index (χ0v) is 21.8. The molecule has 186 valence electrons. The van der Waals surface area contributed by atoms with Crippen molar-refractivity contribution in [3.8, 4) is 0 Å². The minimum absolute atomic E-state index is 0.0746. The normalized spacial score (nSPS) is 12.4. The van der Waals surface area contributed by atoms with E-state index in [1.165, 1.54) is 0 Å². The van der Waals surface area contributed by atoms with Crippen molar-refractivity contribution in [2.45, 2.75) is 40.7 Å². The van der Waals surface area contributed by atoms with Crippen molar-refractivity contribution in [1.29, 1.82) is 0 Å². The van der Waals surface area contributed by atoms with Crippen molar-refractivity contribution in [3.05, 3.63) is 68.6 Å². The number of aromatic nitrogens is 4. The number of hydrazone groups is 1. The summed E-state index contributed by atoms with van der Waals surface area (Å²) in [5.41, 5.74) is 11.3. The summed E-state index contributed by atoms with van der Waals surface area (Å²) in [6, 6.07) is 7.19. The van der Waals surface area contributed by atoms with Gasteiger partial charge in [-0.1, -0.05) is 31.5 Å². The molecule has 1 aromatic carbocycles. The highest BCUT2D eigenvalue weighted by molar-refractivity contribution is 6.29. The standard InChI is InChI=1S/C22H26ClN9O.C2H6/c1-11-8-14(19-15(9-11)22(33)30(4)21-13(3)26-10-32(19)21)12(2)27-16-6-7-17(23)28-18(16)20(24)29-31(5)25;1-2/h6-10,12,27H,25H2,1-5H3,(H2,24,29);1-2H3. The van der Waals surface area contributed by atoms with E-state index in [1.807, 2.05) is 45.1 Å². The zero-order valence-electron chi connectivity index (χ0n) is 21.1.